The highest BCUT2D eigenvalue weighted by molar-refractivity contribution is 5.90. The number of nitrogens with zero attached hydrogens (tertiary/aromatic N) is 1. The van der Waals surface area contributed by atoms with Gasteiger partial charge in [-0.3, -0.25) is 24.0 Å². The van der Waals surface area contributed by atoms with Crippen molar-refractivity contribution in [2.45, 2.75) is 58.0 Å². The molecule has 1 rings (SSSR count). The quantitative estimate of drug-likeness (QED) is 0.149. The Morgan fingerprint density at radius 2 is 1.21 bits per heavy atom. The Hall–Kier alpha value is -4.16. The highest BCUT2D eigenvalue weighted by Gasteiger charge is 2.21. The average Bonchev–Trinajstić information content (AvgIpc) is 2.89. The highest BCUT2D eigenvalue weighted by Crippen LogP contribution is 2.02. The Bertz CT molecular complexity index is 901. The van der Waals surface area contributed by atoms with Crippen molar-refractivity contribution >= 4 is 35.8 Å². The lowest BCUT2D eigenvalue weighted by Crippen LogP contribution is -2.49. The van der Waals surface area contributed by atoms with Crippen molar-refractivity contribution in [1.82, 2.24) is 20.9 Å². The van der Waals surface area contributed by atoms with E-state index in [1.54, 1.807) is 24.3 Å². The number of carbonyl (C=O) groups excluding carboxylic acids is 4. The molecule has 13 nitrogen and oxygen atoms in total. The fourth-order valence-electron chi connectivity index (χ4n) is 3.34. The van der Waals surface area contributed by atoms with Crippen LogP contribution in [0.25, 0.3) is 0 Å². The second-order valence-electron chi connectivity index (χ2n) is 8.77. The van der Waals surface area contributed by atoms with E-state index >= 15 is 0 Å². The van der Waals surface area contributed by atoms with E-state index in [1.165, 1.54) is 0 Å². The number of hydrogen-bond donors (Lipinski definition) is 5. The third-order valence-electron chi connectivity index (χ3n) is 5.40. The van der Waals surface area contributed by atoms with Crippen molar-refractivity contribution in [1.29, 1.82) is 0 Å². The molecule has 0 bridgehead atoms. The van der Waals surface area contributed by atoms with Crippen LogP contribution in [-0.4, -0.2) is 83.6 Å². The summed E-state index contributed by atoms with van der Waals surface area (Å²) in [4.78, 5) is 71.6. The van der Waals surface area contributed by atoms with Gasteiger partial charge in [0.25, 0.3) is 0 Å². The van der Waals surface area contributed by atoms with Gasteiger partial charge in [-0.1, -0.05) is 43.2 Å². The molecule has 1 aromatic carbocycles. The third kappa shape index (κ3) is 17.8. The normalized spacial score (nSPS) is 10.3. The number of rotatable bonds is 20. The van der Waals surface area contributed by atoms with Gasteiger partial charge in [0.2, 0.25) is 17.7 Å². The van der Waals surface area contributed by atoms with E-state index in [1.807, 2.05) is 6.07 Å². The maximum atomic E-state index is 12.7. The number of amides is 4. The third-order valence-corrected chi connectivity index (χ3v) is 5.40. The minimum absolute atomic E-state index is 0.00825. The molecule has 0 radical (unpaired) electrons. The summed E-state index contributed by atoms with van der Waals surface area (Å²) in [7, 11) is 0. The zero-order chi connectivity index (χ0) is 28.9. The molecule has 0 saturated carbocycles. The lowest BCUT2D eigenvalue weighted by molar-refractivity contribution is -0.138. The van der Waals surface area contributed by atoms with Crippen LogP contribution in [0.5, 0.6) is 0 Å². The van der Waals surface area contributed by atoms with Gasteiger partial charge in [-0.15, -0.1) is 0 Å². The molecule has 0 saturated heterocycles. The molecule has 0 aromatic heterocycles. The van der Waals surface area contributed by atoms with Crippen molar-refractivity contribution in [2.24, 2.45) is 0 Å². The minimum atomic E-state index is -0.885. The van der Waals surface area contributed by atoms with Gasteiger partial charge in [0.1, 0.15) is 26.2 Å². The fraction of sp³-hybridized carbons (Fsp3) is 0.538. The first-order chi connectivity index (χ1) is 18.7. The standard InChI is InChI=1S/C26H38N4O9/c31-21(27-14-8-2-6-12-24(34)35)17-30(18-22(32)28-15-9-3-7-13-25(36)37)23(33)16-29-26(38)39-19-20-10-4-1-5-11-20/h1,4-5,10-11H,2-3,6-9,12-19H2,(H,27,31)(H,28,32)(H,29,38)(H,34,35)(H,36,37). The monoisotopic (exact) mass is 550 g/mol. The Morgan fingerprint density at radius 3 is 1.69 bits per heavy atom. The Morgan fingerprint density at radius 1 is 0.692 bits per heavy atom. The second kappa shape index (κ2) is 19.9. The average molecular weight is 551 g/mol. The predicted octanol–water partition coefficient (Wildman–Crippen LogP) is 1.26. The number of alkyl carbamates (subject to hydrolysis) is 1. The number of nitrogens with one attached hydrogen (secondary N) is 3. The zero-order valence-electron chi connectivity index (χ0n) is 22.0. The molecule has 1 aromatic rings. The number of ether oxygens (including phenoxy) is 1. The molecule has 0 fully saturated rings. The minimum Gasteiger partial charge on any atom is -0.481 e. The van der Waals surface area contributed by atoms with Crippen LogP contribution in [0.15, 0.2) is 30.3 Å². The van der Waals surface area contributed by atoms with Gasteiger partial charge < -0.3 is 35.8 Å². The van der Waals surface area contributed by atoms with Gasteiger partial charge >= 0.3 is 18.0 Å². The van der Waals surface area contributed by atoms with Crippen molar-refractivity contribution in [3.8, 4) is 0 Å². The van der Waals surface area contributed by atoms with Crippen LogP contribution in [0.3, 0.4) is 0 Å². The van der Waals surface area contributed by atoms with Gasteiger partial charge in [0, 0.05) is 25.9 Å². The van der Waals surface area contributed by atoms with Gasteiger partial charge in [-0.2, -0.15) is 0 Å². The first-order valence-electron chi connectivity index (χ1n) is 12.9. The largest absolute Gasteiger partial charge is 0.481 e. The van der Waals surface area contributed by atoms with Crippen molar-refractivity contribution in [2.75, 3.05) is 32.7 Å². The lowest BCUT2D eigenvalue weighted by Gasteiger charge is -2.22. The number of carbonyl (C=O) groups is 6. The van der Waals surface area contributed by atoms with Crippen molar-refractivity contribution in [3.63, 3.8) is 0 Å². The van der Waals surface area contributed by atoms with Crippen LogP contribution < -0.4 is 16.0 Å². The smallest absolute Gasteiger partial charge is 0.407 e. The summed E-state index contributed by atoms with van der Waals surface area (Å²) >= 11 is 0. The predicted molar refractivity (Wildman–Crippen MR) is 139 cm³/mol. The molecule has 13 heteroatoms. The molecular weight excluding hydrogens is 512 g/mol. The number of hydrogen-bond acceptors (Lipinski definition) is 7. The lowest BCUT2D eigenvalue weighted by atomic mass is 10.2. The SMILES string of the molecule is O=C(O)CCCCCNC(=O)CN(CC(=O)NCCCCCC(=O)O)C(=O)CNC(=O)OCc1ccccc1. The van der Waals surface area contributed by atoms with Crippen molar-refractivity contribution in [3.05, 3.63) is 35.9 Å². The van der Waals surface area contributed by atoms with E-state index in [9.17, 15) is 28.8 Å². The Labute approximate surface area is 227 Å². The number of aliphatic carboxylic acids is 2. The molecule has 39 heavy (non-hydrogen) atoms. The Kier molecular flexibility index (Phi) is 16.8. The van der Waals surface area contributed by atoms with E-state index in [4.69, 9.17) is 14.9 Å². The first kappa shape index (κ1) is 32.9. The maximum Gasteiger partial charge on any atom is 0.407 e. The molecule has 0 unspecified atom stereocenters. The van der Waals surface area contributed by atoms with Crippen LogP contribution in [-0.2, 0) is 35.3 Å². The molecule has 0 aliphatic rings. The van der Waals surface area contributed by atoms with Crippen LogP contribution in [0.4, 0.5) is 4.79 Å². The number of carboxylic acids is 2. The maximum absolute atomic E-state index is 12.7. The van der Waals surface area contributed by atoms with Gasteiger partial charge in [-0.05, 0) is 31.2 Å². The molecule has 216 valence electrons. The summed E-state index contributed by atoms with van der Waals surface area (Å²) in [5.74, 6) is -3.45. The molecular formula is C26H38N4O9. The summed E-state index contributed by atoms with van der Waals surface area (Å²) in [5, 5.41) is 24.9. The van der Waals surface area contributed by atoms with Crippen LogP contribution in [0.1, 0.15) is 56.9 Å². The molecule has 0 aliphatic heterocycles. The number of benzene rings is 1. The van der Waals surface area contributed by atoms with Gasteiger partial charge in [-0.25, -0.2) is 4.79 Å². The summed E-state index contributed by atoms with van der Waals surface area (Å²) in [6.45, 7) is -0.742. The molecule has 0 spiro atoms. The van der Waals surface area contributed by atoms with Gasteiger partial charge in [0.15, 0.2) is 0 Å². The van der Waals surface area contributed by atoms with Crippen LogP contribution in [0, 0.1) is 0 Å². The molecule has 0 aliphatic carbocycles. The van der Waals surface area contributed by atoms with Gasteiger partial charge in [0.05, 0.1) is 0 Å². The summed E-state index contributed by atoms with van der Waals surface area (Å²) in [6.07, 6.45) is 2.57. The topological polar surface area (TPSA) is 191 Å². The first-order valence-corrected chi connectivity index (χ1v) is 12.9. The zero-order valence-corrected chi connectivity index (χ0v) is 22.0. The molecule has 0 atom stereocenters. The van der Waals surface area contributed by atoms with Crippen LogP contribution >= 0.6 is 0 Å². The summed E-state index contributed by atoms with van der Waals surface area (Å²) < 4.78 is 5.07. The highest BCUT2D eigenvalue weighted by atomic mass is 16.5. The van der Waals surface area contributed by atoms with Crippen molar-refractivity contribution < 1.29 is 43.7 Å². The number of unbranched alkanes of at least 4 members (excludes halogenated alkanes) is 4. The number of carboxylic acid groups (broad SMARTS) is 2. The fourth-order valence-corrected chi connectivity index (χ4v) is 3.34. The molecule has 4 amide bonds. The molecule has 0 heterocycles. The van der Waals surface area contributed by atoms with E-state index in [-0.39, 0.29) is 32.5 Å². The molecule has 5 N–H and O–H groups in total. The Balaban J connectivity index is 2.52. The van der Waals surface area contributed by atoms with Crippen LogP contribution in [0.2, 0.25) is 0 Å². The van der Waals surface area contributed by atoms with E-state index in [0.717, 1.165) is 10.5 Å². The summed E-state index contributed by atoms with van der Waals surface area (Å²) in [6, 6.07) is 8.95. The van der Waals surface area contributed by atoms with E-state index in [0.29, 0.717) is 38.5 Å². The second-order valence-corrected chi connectivity index (χ2v) is 8.77. The summed E-state index contributed by atoms with van der Waals surface area (Å²) in [5.41, 5.74) is 0.764. The van der Waals surface area contributed by atoms with E-state index < -0.39 is 55.4 Å². The van der Waals surface area contributed by atoms with E-state index in [2.05, 4.69) is 16.0 Å².